The van der Waals surface area contributed by atoms with E-state index >= 15 is 0 Å². The molecule has 1 saturated carbocycles. The van der Waals surface area contributed by atoms with E-state index in [0.717, 1.165) is 11.4 Å². The van der Waals surface area contributed by atoms with Crippen LogP contribution in [0, 0.1) is 5.92 Å². The highest BCUT2D eigenvalue weighted by Gasteiger charge is 2.49. The Morgan fingerprint density at radius 2 is 2.29 bits per heavy atom. The number of aliphatic hydroxyl groups is 2. The fourth-order valence-corrected chi connectivity index (χ4v) is 2.69. The largest absolute Gasteiger partial charge is 0.393 e. The number of aliphatic imine (C=N–C) groups is 2. The van der Waals surface area contributed by atoms with Gasteiger partial charge in [0.25, 0.3) is 0 Å². The van der Waals surface area contributed by atoms with Gasteiger partial charge in [0.1, 0.15) is 11.9 Å². The molecule has 1 unspecified atom stereocenters. The molecular formula is C11H13ClN3O2+. The van der Waals surface area contributed by atoms with Crippen LogP contribution in [0.2, 0.25) is 0 Å². The molecule has 3 rings (SSSR count). The predicted molar refractivity (Wildman–Crippen MR) is 64.0 cm³/mol. The molecule has 5 nitrogen and oxygen atoms in total. The van der Waals surface area contributed by atoms with E-state index in [9.17, 15) is 5.11 Å². The van der Waals surface area contributed by atoms with E-state index in [1.165, 1.54) is 0 Å². The zero-order valence-electron chi connectivity index (χ0n) is 9.12. The molecule has 0 spiro atoms. The summed E-state index contributed by atoms with van der Waals surface area (Å²) < 4.78 is 0.0207. The fraction of sp³-hybridized carbons (Fsp3) is 0.455. The molecule has 0 aromatic rings. The molecule has 0 radical (unpaired) electrons. The lowest BCUT2D eigenvalue weighted by molar-refractivity contribution is -0.592. The second kappa shape index (κ2) is 3.49. The summed E-state index contributed by atoms with van der Waals surface area (Å²) in [6.45, 7) is -0.204. The molecule has 0 saturated heterocycles. The number of hydrogen-bond donors (Lipinski definition) is 2. The summed E-state index contributed by atoms with van der Waals surface area (Å²) in [6, 6.07) is 0. The van der Waals surface area contributed by atoms with Gasteiger partial charge in [0.2, 0.25) is 12.0 Å². The summed E-state index contributed by atoms with van der Waals surface area (Å²) in [6.07, 6.45) is 7.76. The summed E-state index contributed by atoms with van der Waals surface area (Å²) in [5.41, 5.74) is 0.755. The molecule has 17 heavy (non-hydrogen) atoms. The van der Waals surface area contributed by atoms with Crippen molar-refractivity contribution in [2.45, 2.75) is 18.4 Å². The van der Waals surface area contributed by atoms with Crippen LogP contribution in [-0.2, 0) is 0 Å². The Balaban J connectivity index is 1.87. The molecule has 2 N–H and O–H groups in total. The molecule has 1 fully saturated rings. The summed E-state index contributed by atoms with van der Waals surface area (Å²) in [5, 5.41) is 18.8. The molecule has 0 aromatic heterocycles. The summed E-state index contributed by atoms with van der Waals surface area (Å²) in [4.78, 5) is 8.39. The van der Waals surface area contributed by atoms with Gasteiger partial charge in [0.15, 0.2) is 11.8 Å². The van der Waals surface area contributed by atoms with Crippen molar-refractivity contribution in [3.63, 3.8) is 0 Å². The highest BCUT2D eigenvalue weighted by molar-refractivity contribution is 6.14. The van der Waals surface area contributed by atoms with Gasteiger partial charge in [-0.25, -0.2) is 0 Å². The Hall–Kier alpha value is -1.01. The Labute approximate surface area is 104 Å². The molecule has 6 heteroatoms. The number of nitrogens with zero attached hydrogens (tertiary/aromatic N) is 3. The molecular weight excluding hydrogens is 242 g/mol. The van der Waals surface area contributed by atoms with Crippen molar-refractivity contribution < 1.29 is 14.2 Å². The monoisotopic (exact) mass is 254 g/mol. The van der Waals surface area contributed by atoms with Crippen LogP contribution in [0.25, 0.3) is 0 Å². The second-order valence-corrected chi connectivity index (χ2v) is 5.33. The summed E-state index contributed by atoms with van der Waals surface area (Å²) in [5.74, 6) is 0.148. The smallest absolute Gasteiger partial charge is 0.218 e. The minimum Gasteiger partial charge on any atom is -0.393 e. The van der Waals surface area contributed by atoms with E-state index in [-0.39, 0.29) is 16.5 Å². The zero-order valence-corrected chi connectivity index (χ0v) is 9.88. The lowest BCUT2D eigenvalue weighted by atomic mass is 9.69. The standard InChI is InChI=1S/C11H13ClN3O2/c12-15-2-1-13-5-9(15)10(14-7-15)8-3-11(17,4-8)6-16/h1-2,5,7-8,16-17H,3-4,6H2/q+1. The van der Waals surface area contributed by atoms with Gasteiger partial charge in [-0.1, -0.05) is 0 Å². The first-order valence-corrected chi connectivity index (χ1v) is 5.82. The van der Waals surface area contributed by atoms with Crippen molar-refractivity contribution in [1.29, 1.82) is 0 Å². The Bertz CT molecular complexity index is 477. The number of aliphatic hydroxyl groups excluding tert-OH is 1. The molecule has 0 aromatic carbocycles. The van der Waals surface area contributed by atoms with Crippen molar-refractivity contribution >= 4 is 24.3 Å². The third kappa shape index (κ3) is 1.58. The number of quaternary nitrogens is 1. The van der Waals surface area contributed by atoms with Gasteiger partial charge in [-0.2, -0.15) is 4.99 Å². The van der Waals surface area contributed by atoms with Crippen molar-refractivity contribution in [3.8, 4) is 0 Å². The lowest BCUT2D eigenvalue weighted by Crippen LogP contribution is -2.47. The molecule has 3 aliphatic rings. The maximum absolute atomic E-state index is 9.80. The van der Waals surface area contributed by atoms with Crippen molar-refractivity contribution in [3.05, 3.63) is 23.8 Å². The topological polar surface area (TPSA) is 65.2 Å². The van der Waals surface area contributed by atoms with Gasteiger partial charge in [-0.05, 0) is 12.8 Å². The van der Waals surface area contributed by atoms with Crippen molar-refractivity contribution in [2.75, 3.05) is 6.61 Å². The highest BCUT2D eigenvalue weighted by Crippen LogP contribution is 2.46. The Morgan fingerprint density at radius 1 is 1.53 bits per heavy atom. The van der Waals surface area contributed by atoms with Gasteiger partial charge in [0, 0.05) is 5.92 Å². The molecule has 0 amide bonds. The normalized spacial score (nSPS) is 42.9. The summed E-state index contributed by atoms with van der Waals surface area (Å²) >= 11 is 6.34. The molecule has 2 heterocycles. The molecule has 1 aliphatic carbocycles. The summed E-state index contributed by atoms with van der Waals surface area (Å²) in [7, 11) is 0. The number of fused-ring (bicyclic) bond motifs is 1. The van der Waals surface area contributed by atoms with Crippen LogP contribution in [-0.4, -0.2) is 39.0 Å². The second-order valence-electron chi connectivity index (χ2n) is 4.77. The minimum atomic E-state index is -0.944. The molecule has 2 aliphatic heterocycles. The molecule has 90 valence electrons. The van der Waals surface area contributed by atoms with Gasteiger partial charge >= 0.3 is 0 Å². The van der Waals surface area contributed by atoms with Crippen molar-refractivity contribution in [2.24, 2.45) is 15.9 Å². The quantitative estimate of drug-likeness (QED) is 0.719. The fourth-order valence-electron chi connectivity index (χ4n) is 2.47. The maximum Gasteiger partial charge on any atom is 0.218 e. The SMILES string of the molecule is OCC1(O)CC(C2=C3C=NC=C[N+]3(Cl)C=N2)C1. The van der Waals surface area contributed by atoms with E-state index in [0.29, 0.717) is 12.8 Å². The van der Waals surface area contributed by atoms with Crippen LogP contribution in [0.1, 0.15) is 12.8 Å². The van der Waals surface area contributed by atoms with Gasteiger partial charge in [0.05, 0.1) is 24.6 Å². The average Bonchev–Trinajstić information content (AvgIpc) is 2.62. The first kappa shape index (κ1) is 11.1. The lowest BCUT2D eigenvalue weighted by Gasteiger charge is -2.41. The first-order valence-electron chi connectivity index (χ1n) is 5.48. The number of hydrogen-bond acceptors (Lipinski definition) is 4. The van der Waals surface area contributed by atoms with Gasteiger partial charge in [-0.3, -0.25) is 4.99 Å². The molecule has 0 bridgehead atoms. The number of allylic oxidation sites excluding steroid dienone is 2. The van der Waals surface area contributed by atoms with Crippen LogP contribution >= 0.6 is 11.8 Å². The minimum absolute atomic E-state index is 0.0207. The van der Waals surface area contributed by atoms with Gasteiger partial charge in [-0.15, -0.1) is 4.00 Å². The van der Waals surface area contributed by atoms with E-state index in [1.807, 2.05) is 0 Å². The Kier molecular flexibility index (Phi) is 2.28. The van der Waals surface area contributed by atoms with Crippen LogP contribution in [0.15, 0.2) is 33.8 Å². The van der Waals surface area contributed by atoms with E-state index in [4.69, 9.17) is 16.9 Å². The number of halogens is 1. The number of rotatable bonds is 2. The third-order valence-electron chi connectivity index (χ3n) is 3.50. The van der Waals surface area contributed by atoms with E-state index in [1.54, 1.807) is 25.0 Å². The van der Waals surface area contributed by atoms with Crippen molar-refractivity contribution in [1.82, 2.24) is 0 Å². The first-order chi connectivity index (χ1) is 8.06. The Morgan fingerprint density at radius 3 is 3.00 bits per heavy atom. The molecule has 1 atom stereocenters. The maximum atomic E-state index is 9.80. The predicted octanol–water partition coefficient (Wildman–Crippen LogP) is 0.900. The average molecular weight is 255 g/mol. The van der Waals surface area contributed by atoms with E-state index in [2.05, 4.69) is 9.98 Å². The van der Waals surface area contributed by atoms with Crippen LogP contribution in [0.3, 0.4) is 0 Å². The van der Waals surface area contributed by atoms with Crippen LogP contribution in [0.4, 0.5) is 0 Å². The van der Waals surface area contributed by atoms with E-state index < -0.39 is 5.60 Å². The van der Waals surface area contributed by atoms with Crippen LogP contribution < -0.4 is 0 Å². The third-order valence-corrected chi connectivity index (χ3v) is 3.88. The van der Waals surface area contributed by atoms with Crippen LogP contribution in [0.5, 0.6) is 0 Å². The van der Waals surface area contributed by atoms with Gasteiger partial charge < -0.3 is 10.2 Å². The zero-order chi connectivity index (χ0) is 12.1. The highest BCUT2D eigenvalue weighted by atomic mass is 35.5.